The van der Waals surface area contributed by atoms with Crippen LogP contribution >= 0.6 is 11.6 Å². The zero-order valence-corrected chi connectivity index (χ0v) is 17.1. The molecule has 30 heavy (non-hydrogen) atoms. The first-order valence-electron chi connectivity index (χ1n) is 9.54. The van der Waals surface area contributed by atoms with Gasteiger partial charge < -0.3 is 5.11 Å². The third kappa shape index (κ3) is 4.76. The normalized spacial score (nSPS) is 16.4. The highest BCUT2D eigenvalue weighted by Gasteiger charge is 2.37. The maximum atomic E-state index is 13.1. The number of benzene rings is 2. The summed E-state index contributed by atoms with van der Waals surface area (Å²) in [7, 11) is 0. The van der Waals surface area contributed by atoms with Crippen LogP contribution in [0.15, 0.2) is 59.2 Å². The maximum absolute atomic E-state index is 13.1. The molecule has 1 aliphatic heterocycles. The Morgan fingerprint density at radius 1 is 1.23 bits per heavy atom. The van der Waals surface area contributed by atoms with E-state index < -0.39 is 11.9 Å². The Morgan fingerprint density at radius 2 is 1.90 bits per heavy atom. The molecule has 0 spiro atoms. The fourth-order valence-electron chi connectivity index (χ4n) is 3.27. The first-order valence-corrected chi connectivity index (χ1v) is 9.91. The van der Waals surface area contributed by atoms with Crippen molar-refractivity contribution in [3.05, 3.63) is 70.3 Å². The Bertz CT molecular complexity index is 1050. The van der Waals surface area contributed by atoms with Gasteiger partial charge in [0.2, 0.25) is 0 Å². The molecule has 2 aromatic rings. The summed E-state index contributed by atoms with van der Waals surface area (Å²) in [5.41, 5.74) is 2.52. The smallest absolute Gasteiger partial charge is 0.331 e. The first kappa shape index (κ1) is 21.3. The molecule has 0 radical (unpaired) electrons. The second-order valence-corrected chi connectivity index (χ2v) is 7.37. The molecule has 1 unspecified atom stereocenters. The number of rotatable bonds is 7. The van der Waals surface area contributed by atoms with Crippen LogP contribution in [0.1, 0.15) is 37.3 Å². The average molecular weight is 422 g/mol. The van der Waals surface area contributed by atoms with Gasteiger partial charge in [-0.15, -0.1) is 0 Å². The van der Waals surface area contributed by atoms with Crippen molar-refractivity contribution in [1.29, 1.82) is 5.26 Å². The Hall–Kier alpha value is -3.43. The molecule has 1 heterocycles. The molecule has 2 aromatic carbocycles. The summed E-state index contributed by atoms with van der Waals surface area (Å²) in [5.74, 6) is -1.98. The van der Waals surface area contributed by atoms with Crippen molar-refractivity contribution in [3.8, 4) is 6.07 Å². The summed E-state index contributed by atoms with van der Waals surface area (Å²) < 4.78 is 0. The number of anilines is 1. The monoisotopic (exact) mass is 421 g/mol. The van der Waals surface area contributed by atoms with Crippen LogP contribution in [0.4, 0.5) is 5.69 Å². The van der Waals surface area contributed by atoms with Crippen molar-refractivity contribution in [3.63, 3.8) is 0 Å². The number of aliphatic carboxylic acids is 1. The van der Waals surface area contributed by atoms with Crippen molar-refractivity contribution < 1.29 is 14.7 Å². The predicted molar refractivity (Wildman–Crippen MR) is 116 cm³/mol. The summed E-state index contributed by atoms with van der Waals surface area (Å²) in [5, 5.41) is 25.0. The lowest BCUT2D eigenvalue weighted by molar-refractivity contribution is -0.132. The van der Waals surface area contributed by atoms with E-state index in [-0.39, 0.29) is 17.9 Å². The number of amides is 1. The van der Waals surface area contributed by atoms with Gasteiger partial charge in [-0.3, -0.25) is 4.79 Å². The van der Waals surface area contributed by atoms with Crippen LogP contribution in [0.2, 0.25) is 5.02 Å². The van der Waals surface area contributed by atoms with E-state index in [0.717, 1.165) is 6.42 Å². The van der Waals surface area contributed by atoms with Gasteiger partial charge in [0.15, 0.2) is 0 Å². The molecule has 1 atom stereocenters. The minimum atomic E-state index is -1.09. The standard InChI is InChI=1S/C23H20ClN3O3/c1-2-3-21-20(22(28)27(26-21)19-10-8-18(24)9-11-19)13-17(23(29)30)12-15-4-6-16(14-25)7-5-15/h4-12,20H,2-3,13H2,1H3,(H,29,30)/b17-12-. The molecular formula is C23H20ClN3O3. The van der Waals surface area contributed by atoms with Gasteiger partial charge in [-0.25, -0.2) is 9.80 Å². The second kappa shape index (κ2) is 9.38. The molecule has 1 N–H and O–H groups in total. The molecule has 3 rings (SSSR count). The first-order chi connectivity index (χ1) is 14.4. The summed E-state index contributed by atoms with van der Waals surface area (Å²) in [6, 6.07) is 15.4. The highest BCUT2D eigenvalue weighted by molar-refractivity contribution is 6.30. The van der Waals surface area contributed by atoms with Gasteiger partial charge in [-0.2, -0.15) is 10.4 Å². The highest BCUT2D eigenvalue weighted by Crippen LogP contribution is 2.30. The fourth-order valence-corrected chi connectivity index (χ4v) is 3.40. The van der Waals surface area contributed by atoms with Crippen LogP contribution in [0, 0.1) is 17.2 Å². The van der Waals surface area contributed by atoms with Crippen molar-refractivity contribution in [1.82, 2.24) is 0 Å². The van der Waals surface area contributed by atoms with Gasteiger partial charge in [-0.1, -0.05) is 37.1 Å². The third-order valence-electron chi connectivity index (χ3n) is 4.79. The summed E-state index contributed by atoms with van der Waals surface area (Å²) in [6.45, 7) is 1.99. The van der Waals surface area contributed by atoms with Crippen LogP contribution in [-0.4, -0.2) is 22.7 Å². The molecule has 0 aromatic heterocycles. The molecule has 0 saturated heterocycles. The molecule has 6 nitrogen and oxygen atoms in total. The van der Waals surface area contributed by atoms with Gasteiger partial charge in [0, 0.05) is 10.6 Å². The number of nitrogens with zero attached hydrogens (tertiary/aromatic N) is 3. The molecule has 0 aliphatic carbocycles. The number of nitriles is 1. The lowest BCUT2D eigenvalue weighted by Gasteiger charge is -2.15. The molecule has 7 heteroatoms. The van der Waals surface area contributed by atoms with E-state index in [0.29, 0.717) is 34.0 Å². The number of carboxylic acids is 1. The number of carbonyl (C=O) groups is 2. The number of hydrogen-bond acceptors (Lipinski definition) is 4. The summed E-state index contributed by atoms with van der Waals surface area (Å²) in [6.07, 6.45) is 2.96. The lowest BCUT2D eigenvalue weighted by atomic mass is 9.91. The van der Waals surface area contributed by atoms with Gasteiger partial charge in [-0.05, 0) is 60.9 Å². The fraction of sp³-hybridized carbons (Fsp3) is 0.217. The van der Waals surface area contributed by atoms with Crippen molar-refractivity contribution in [2.24, 2.45) is 11.0 Å². The zero-order valence-electron chi connectivity index (χ0n) is 16.4. The SMILES string of the molecule is CCCC1=NN(c2ccc(Cl)cc2)C(=O)C1C/C(=C/c1ccc(C#N)cc1)C(=O)O. The molecule has 1 aliphatic rings. The molecule has 0 saturated carbocycles. The van der Waals surface area contributed by atoms with E-state index in [4.69, 9.17) is 16.9 Å². The van der Waals surface area contributed by atoms with Crippen LogP contribution < -0.4 is 5.01 Å². The minimum Gasteiger partial charge on any atom is -0.478 e. The second-order valence-electron chi connectivity index (χ2n) is 6.93. The molecule has 0 fully saturated rings. The molecule has 152 valence electrons. The van der Waals surface area contributed by atoms with Gasteiger partial charge >= 0.3 is 5.97 Å². The van der Waals surface area contributed by atoms with Crippen LogP contribution in [0.5, 0.6) is 0 Å². The van der Waals surface area contributed by atoms with Crippen molar-refractivity contribution >= 4 is 41.0 Å². The third-order valence-corrected chi connectivity index (χ3v) is 5.05. The number of halogens is 1. The van der Waals surface area contributed by atoms with Gasteiger partial charge in [0.05, 0.1) is 28.9 Å². The highest BCUT2D eigenvalue weighted by atomic mass is 35.5. The molecule has 0 bridgehead atoms. The number of carboxylic acid groups (broad SMARTS) is 1. The summed E-state index contributed by atoms with van der Waals surface area (Å²) in [4.78, 5) is 25.0. The quantitative estimate of drug-likeness (QED) is 0.644. The van der Waals surface area contributed by atoms with Crippen LogP contribution in [0.25, 0.3) is 6.08 Å². The van der Waals surface area contributed by atoms with Crippen LogP contribution in [-0.2, 0) is 9.59 Å². The van der Waals surface area contributed by atoms with Crippen molar-refractivity contribution in [2.45, 2.75) is 26.2 Å². The molecule has 1 amide bonds. The Balaban J connectivity index is 1.89. The minimum absolute atomic E-state index is 0.0388. The number of hydrazone groups is 1. The maximum Gasteiger partial charge on any atom is 0.331 e. The number of carbonyl (C=O) groups excluding carboxylic acids is 1. The van der Waals surface area contributed by atoms with E-state index in [2.05, 4.69) is 5.10 Å². The van der Waals surface area contributed by atoms with Gasteiger partial charge in [0.25, 0.3) is 5.91 Å². The van der Waals surface area contributed by atoms with E-state index >= 15 is 0 Å². The van der Waals surface area contributed by atoms with E-state index in [1.165, 1.54) is 11.1 Å². The Kier molecular flexibility index (Phi) is 6.65. The van der Waals surface area contributed by atoms with Crippen LogP contribution in [0.3, 0.4) is 0 Å². The number of hydrogen-bond donors (Lipinski definition) is 1. The average Bonchev–Trinajstić information content (AvgIpc) is 3.04. The zero-order chi connectivity index (χ0) is 21.7. The van der Waals surface area contributed by atoms with E-state index in [9.17, 15) is 14.7 Å². The van der Waals surface area contributed by atoms with Gasteiger partial charge in [0.1, 0.15) is 0 Å². The van der Waals surface area contributed by atoms with E-state index in [1.807, 2.05) is 13.0 Å². The lowest BCUT2D eigenvalue weighted by Crippen LogP contribution is -2.28. The Morgan fingerprint density at radius 3 is 2.47 bits per heavy atom. The summed E-state index contributed by atoms with van der Waals surface area (Å²) >= 11 is 5.93. The topological polar surface area (TPSA) is 93.8 Å². The predicted octanol–water partition coefficient (Wildman–Crippen LogP) is 4.89. The largest absolute Gasteiger partial charge is 0.478 e. The Labute approximate surface area is 179 Å². The molecular weight excluding hydrogens is 402 g/mol. The van der Waals surface area contributed by atoms with E-state index in [1.54, 1.807) is 48.5 Å². The van der Waals surface area contributed by atoms with Crippen molar-refractivity contribution in [2.75, 3.05) is 5.01 Å².